The Bertz CT molecular complexity index is 1960. The van der Waals surface area contributed by atoms with E-state index < -0.39 is 12.0 Å². The van der Waals surface area contributed by atoms with Gasteiger partial charge in [0.25, 0.3) is 5.56 Å². The summed E-state index contributed by atoms with van der Waals surface area (Å²) in [6.07, 6.45) is 1.86. The average Bonchev–Trinajstić information content (AvgIpc) is 3.66. The maximum Gasteiger partial charge on any atom is 0.338 e. The lowest BCUT2D eigenvalue weighted by Gasteiger charge is -2.25. The Balaban J connectivity index is 1.42. The predicted molar refractivity (Wildman–Crippen MR) is 168 cm³/mol. The fourth-order valence-electron chi connectivity index (χ4n) is 4.91. The number of esters is 1. The van der Waals surface area contributed by atoms with Crippen LogP contribution in [0.5, 0.6) is 11.5 Å². The highest BCUT2D eigenvalue weighted by atomic mass is 32.1. The summed E-state index contributed by atoms with van der Waals surface area (Å²) in [5.74, 6) is 0.501. The zero-order valence-electron chi connectivity index (χ0n) is 23.6. The van der Waals surface area contributed by atoms with Crippen LogP contribution in [0.4, 0.5) is 0 Å². The summed E-state index contributed by atoms with van der Waals surface area (Å²) in [6.45, 7) is 2.24. The summed E-state index contributed by atoms with van der Waals surface area (Å²) >= 11 is 2.84. The van der Waals surface area contributed by atoms with Gasteiger partial charge in [0.2, 0.25) is 0 Å². The van der Waals surface area contributed by atoms with Gasteiger partial charge in [-0.15, -0.1) is 11.3 Å². The molecule has 216 valence electrons. The molecule has 1 aliphatic heterocycles. The van der Waals surface area contributed by atoms with Gasteiger partial charge in [0.05, 0.1) is 29.0 Å². The van der Waals surface area contributed by atoms with Crippen molar-refractivity contribution in [1.82, 2.24) is 4.57 Å². The van der Waals surface area contributed by atoms with Gasteiger partial charge in [0.15, 0.2) is 16.3 Å². The summed E-state index contributed by atoms with van der Waals surface area (Å²) in [5, 5.41) is 1.96. The Morgan fingerprint density at radius 2 is 1.65 bits per heavy atom. The summed E-state index contributed by atoms with van der Waals surface area (Å²) in [6, 6.07) is 27.9. The zero-order valence-corrected chi connectivity index (χ0v) is 25.2. The van der Waals surface area contributed by atoms with E-state index >= 15 is 0 Å². The number of ether oxygens (including phenoxy) is 3. The lowest BCUT2D eigenvalue weighted by atomic mass is 9.95. The van der Waals surface area contributed by atoms with E-state index in [0.29, 0.717) is 44.3 Å². The molecular formula is C34H28N2O5S2. The van der Waals surface area contributed by atoms with Gasteiger partial charge in [0.1, 0.15) is 13.2 Å². The maximum atomic E-state index is 13.9. The Labute approximate surface area is 256 Å². The van der Waals surface area contributed by atoms with Crippen LogP contribution in [-0.4, -0.2) is 17.6 Å². The number of hydrogen-bond donors (Lipinski definition) is 0. The van der Waals surface area contributed by atoms with Crippen LogP contribution in [0, 0.1) is 0 Å². The molecule has 0 aliphatic carbocycles. The molecule has 43 heavy (non-hydrogen) atoms. The molecule has 1 aliphatic rings. The van der Waals surface area contributed by atoms with E-state index in [9.17, 15) is 9.59 Å². The number of aromatic nitrogens is 1. The fourth-order valence-corrected chi connectivity index (χ4v) is 6.68. The summed E-state index contributed by atoms with van der Waals surface area (Å²) in [4.78, 5) is 33.8. The van der Waals surface area contributed by atoms with Crippen molar-refractivity contribution in [3.05, 3.63) is 149 Å². The minimum atomic E-state index is -0.776. The summed E-state index contributed by atoms with van der Waals surface area (Å²) in [7, 11) is 1.57. The number of allylic oxidation sites excluding steroid dienone is 1. The quantitative estimate of drug-likeness (QED) is 0.203. The second-order valence-corrected chi connectivity index (χ2v) is 11.8. The third-order valence-corrected chi connectivity index (χ3v) is 8.81. The number of thiazole rings is 1. The van der Waals surface area contributed by atoms with Gasteiger partial charge < -0.3 is 14.2 Å². The van der Waals surface area contributed by atoms with E-state index in [-0.39, 0.29) is 12.2 Å². The standard InChI is InChI=1S/C34H28N2O5S2/c1-22-30(33(38)41-21-24-12-7-4-8-13-24)31(36-32(37)29(43-34(36)35-22)19-26-14-9-17-42-26)25-15-16-27(28(18-25)39-2)40-20-23-10-5-3-6-11-23/h3-19,31H,20-21H2,1-2H3/b29-19-. The maximum absolute atomic E-state index is 13.9. The molecule has 2 aromatic heterocycles. The van der Waals surface area contributed by atoms with Crippen molar-refractivity contribution in [2.75, 3.05) is 7.11 Å². The molecule has 6 rings (SSSR count). The fraction of sp³-hybridized carbons (Fsp3) is 0.147. The predicted octanol–water partition coefficient (Wildman–Crippen LogP) is 5.63. The molecule has 5 aromatic rings. The zero-order chi connectivity index (χ0) is 29.8. The van der Waals surface area contributed by atoms with E-state index in [0.717, 1.165) is 16.0 Å². The molecule has 0 saturated carbocycles. The number of fused-ring (bicyclic) bond motifs is 1. The molecule has 0 saturated heterocycles. The van der Waals surface area contributed by atoms with Crippen molar-refractivity contribution in [3.8, 4) is 11.5 Å². The minimum absolute atomic E-state index is 0.0988. The first-order valence-corrected chi connectivity index (χ1v) is 15.3. The molecule has 0 radical (unpaired) electrons. The molecule has 0 fully saturated rings. The highest BCUT2D eigenvalue weighted by Crippen LogP contribution is 2.36. The lowest BCUT2D eigenvalue weighted by Crippen LogP contribution is -2.39. The first-order chi connectivity index (χ1) is 21.0. The Kier molecular flexibility index (Phi) is 8.35. The van der Waals surface area contributed by atoms with Crippen LogP contribution in [0.3, 0.4) is 0 Å². The Morgan fingerprint density at radius 3 is 2.33 bits per heavy atom. The molecule has 1 atom stereocenters. The average molecular weight is 609 g/mol. The molecule has 0 N–H and O–H groups in total. The number of thiophene rings is 1. The van der Waals surface area contributed by atoms with Crippen LogP contribution in [0.15, 0.2) is 117 Å². The van der Waals surface area contributed by atoms with E-state index in [2.05, 4.69) is 0 Å². The normalized spacial score (nSPS) is 14.7. The number of nitrogens with zero attached hydrogens (tertiary/aromatic N) is 2. The SMILES string of the molecule is COc1cc(C2C(C(=O)OCc3ccccc3)=C(C)N=c3s/c(=C\c4cccs4)c(=O)n32)ccc1OCc1ccccc1. The topological polar surface area (TPSA) is 79.1 Å². The molecule has 3 aromatic carbocycles. The van der Waals surface area contributed by atoms with Gasteiger partial charge in [-0.1, -0.05) is 84.1 Å². The van der Waals surface area contributed by atoms with Gasteiger partial charge in [-0.25, -0.2) is 9.79 Å². The van der Waals surface area contributed by atoms with Crippen molar-refractivity contribution >= 4 is 34.7 Å². The molecule has 1 unspecified atom stereocenters. The van der Waals surface area contributed by atoms with Crippen LogP contribution < -0.4 is 24.4 Å². The number of carbonyl (C=O) groups is 1. The van der Waals surface area contributed by atoms with Crippen molar-refractivity contribution < 1.29 is 19.0 Å². The van der Waals surface area contributed by atoms with Gasteiger partial charge >= 0.3 is 5.97 Å². The largest absolute Gasteiger partial charge is 0.493 e. The van der Waals surface area contributed by atoms with Crippen molar-refractivity contribution in [3.63, 3.8) is 0 Å². The van der Waals surface area contributed by atoms with Crippen LogP contribution in [-0.2, 0) is 22.7 Å². The van der Waals surface area contributed by atoms with Crippen LogP contribution in [0.2, 0.25) is 0 Å². The van der Waals surface area contributed by atoms with E-state index in [1.165, 1.54) is 11.3 Å². The molecule has 3 heterocycles. The van der Waals surface area contributed by atoms with Gasteiger partial charge in [-0.2, -0.15) is 0 Å². The smallest absolute Gasteiger partial charge is 0.338 e. The first-order valence-electron chi connectivity index (χ1n) is 13.6. The monoisotopic (exact) mass is 608 g/mol. The second kappa shape index (κ2) is 12.6. The molecule has 0 bridgehead atoms. The van der Waals surface area contributed by atoms with E-state index in [4.69, 9.17) is 19.2 Å². The van der Waals surface area contributed by atoms with Crippen molar-refractivity contribution in [2.24, 2.45) is 4.99 Å². The van der Waals surface area contributed by atoms with Crippen LogP contribution >= 0.6 is 22.7 Å². The number of benzene rings is 3. The number of rotatable bonds is 9. The lowest BCUT2D eigenvalue weighted by molar-refractivity contribution is -0.140. The summed E-state index contributed by atoms with van der Waals surface area (Å²) < 4.78 is 19.7. The van der Waals surface area contributed by atoms with Crippen molar-refractivity contribution in [2.45, 2.75) is 26.2 Å². The number of carbonyl (C=O) groups excluding carboxylic acids is 1. The third kappa shape index (κ3) is 6.09. The van der Waals surface area contributed by atoms with Gasteiger partial charge in [-0.05, 0) is 53.3 Å². The second-order valence-electron chi connectivity index (χ2n) is 9.84. The van der Waals surface area contributed by atoms with Crippen molar-refractivity contribution in [1.29, 1.82) is 0 Å². The minimum Gasteiger partial charge on any atom is -0.493 e. The molecule has 0 spiro atoms. The van der Waals surface area contributed by atoms with E-state index in [1.807, 2.05) is 96.4 Å². The van der Waals surface area contributed by atoms with E-state index in [1.54, 1.807) is 36.0 Å². The summed E-state index contributed by atoms with van der Waals surface area (Å²) in [5.41, 5.74) is 3.12. The number of methoxy groups -OCH3 is 1. The van der Waals surface area contributed by atoms with Gasteiger partial charge in [-0.3, -0.25) is 9.36 Å². The molecule has 7 nitrogen and oxygen atoms in total. The Morgan fingerprint density at radius 1 is 0.930 bits per heavy atom. The van der Waals surface area contributed by atoms with Crippen LogP contribution in [0.1, 0.15) is 34.5 Å². The molecule has 9 heteroatoms. The van der Waals surface area contributed by atoms with Crippen LogP contribution in [0.25, 0.3) is 6.08 Å². The first kappa shape index (κ1) is 28.4. The number of hydrogen-bond acceptors (Lipinski definition) is 8. The highest BCUT2D eigenvalue weighted by molar-refractivity contribution is 7.11. The Hall–Kier alpha value is -4.73. The van der Waals surface area contributed by atoms with Gasteiger partial charge in [0, 0.05) is 4.88 Å². The third-order valence-electron chi connectivity index (χ3n) is 7.01. The molecule has 0 amide bonds. The highest BCUT2D eigenvalue weighted by Gasteiger charge is 2.34. The molecular weight excluding hydrogens is 581 g/mol.